The predicted molar refractivity (Wildman–Crippen MR) is 105 cm³/mol. The SMILES string of the molecule is C=CCCOc1nc(-c2nc([C@@H](C)NCC)ccc2OC)cn2ccnc12. The van der Waals surface area contributed by atoms with E-state index >= 15 is 0 Å². The Bertz CT molecular complexity index is 922. The number of ether oxygens (including phenoxy) is 2. The smallest absolute Gasteiger partial charge is 0.259 e. The van der Waals surface area contributed by atoms with E-state index in [1.54, 1.807) is 13.3 Å². The number of pyridine rings is 1. The van der Waals surface area contributed by atoms with Gasteiger partial charge in [0, 0.05) is 24.6 Å². The maximum atomic E-state index is 5.82. The van der Waals surface area contributed by atoms with E-state index in [0.717, 1.165) is 18.7 Å². The van der Waals surface area contributed by atoms with Crippen LogP contribution in [0.3, 0.4) is 0 Å². The lowest BCUT2D eigenvalue weighted by Crippen LogP contribution is -2.19. The molecule has 0 fully saturated rings. The van der Waals surface area contributed by atoms with Crippen LogP contribution in [0.1, 0.15) is 32.0 Å². The number of hydrogen-bond acceptors (Lipinski definition) is 6. The van der Waals surface area contributed by atoms with Gasteiger partial charge in [0.25, 0.3) is 5.88 Å². The van der Waals surface area contributed by atoms with Gasteiger partial charge in [0.15, 0.2) is 0 Å². The predicted octanol–water partition coefficient (Wildman–Crippen LogP) is 3.43. The summed E-state index contributed by atoms with van der Waals surface area (Å²) in [6, 6.07) is 4.01. The van der Waals surface area contributed by atoms with Gasteiger partial charge in [-0.3, -0.25) is 0 Å². The maximum Gasteiger partial charge on any atom is 0.259 e. The van der Waals surface area contributed by atoms with Crippen LogP contribution in [0.15, 0.2) is 43.4 Å². The molecule has 1 atom stereocenters. The van der Waals surface area contributed by atoms with E-state index in [9.17, 15) is 0 Å². The molecule has 3 aromatic rings. The minimum Gasteiger partial charge on any atom is -0.494 e. The van der Waals surface area contributed by atoms with Crippen LogP contribution in [-0.4, -0.2) is 39.6 Å². The first-order chi connectivity index (χ1) is 13.2. The number of fused-ring (bicyclic) bond motifs is 1. The quantitative estimate of drug-likeness (QED) is 0.461. The fraction of sp³-hybridized carbons (Fsp3) is 0.350. The molecule has 3 rings (SSSR count). The Balaban J connectivity index is 2.07. The molecule has 142 valence electrons. The van der Waals surface area contributed by atoms with Gasteiger partial charge in [-0.1, -0.05) is 13.0 Å². The summed E-state index contributed by atoms with van der Waals surface area (Å²) in [5, 5.41) is 3.38. The molecule has 7 heteroatoms. The van der Waals surface area contributed by atoms with Crippen molar-refractivity contribution in [2.75, 3.05) is 20.3 Å². The average Bonchev–Trinajstić information content (AvgIpc) is 3.16. The van der Waals surface area contributed by atoms with Crippen molar-refractivity contribution in [1.29, 1.82) is 0 Å². The molecule has 0 spiro atoms. The van der Waals surface area contributed by atoms with Gasteiger partial charge in [0.2, 0.25) is 5.65 Å². The second-order valence-electron chi connectivity index (χ2n) is 6.08. The zero-order valence-corrected chi connectivity index (χ0v) is 16.0. The Morgan fingerprint density at radius 1 is 1.33 bits per heavy atom. The second-order valence-corrected chi connectivity index (χ2v) is 6.08. The highest BCUT2D eigenvalue weighted by Gasteiger charge is 2.17. The van der Waals surface area contributed by atoms with Crippen molar-refractivity contribution in [3.8, 4) is 23.0 Å². The van der Waals surface area contributed by atoms with Gasteiger partial charge >= 0.3 is 0 Å². The third-order valence-electron chi connectivity index (χ3n) is 4.20. The Kier molecular flexibility index (Phi) is 6.03. The molecule has 0 aromatic carbocycles. The third-order valence-corrected chi connectivity index (χ3v) is 4.20. The van der Waals surface area contributed by atoms with Gasteiger partial charge < -0.3 is 19.2 Å². The first kappa shape index (κ1) is 18.8. The largest absolute Gasteiger partial charge is 0.494 e. The molecular formula is C20H25N5O2. The molecule has 27 heavy (non-hydrogen) atoms. The monoisotopic (exact) mass is 367 g/mol. The van der Waals surface area contributed by atoms with Crippen LogP contribution in [0.25, 0.3) is 17.0 Å². The van der Waals surface area contributed by atoms with Crippen LogP contribution in [-0.2, 0) is 0 Å². The Morgan fingerprint density at radius 3 is 2.93 bits per heavy atom. The highest BCUT2D eigenvalue weighted by Crippen LogP contribution is 2.30. The minimum absolute atomic E-state index is 0.125. The highest BCUT2D eigenvalue weighted by atomic mass is 16.5. The van der Waals surface area contributed by atoms with Crippen molar-refractivity contribution in [3.63, 3.8) is 0 Å². The van der Waals surface area contributed by atoms with E-state index in [4.69, 9.17) is 14.5 Å². The molecular weight excluding hydrogens is 342 g/mol. The van der Waals surface area contributed by atoms with Crippen molar-refractivity contribution in [1.82, 2.24) is 24.7 Å². The second kappa shape index (κ2) is 8.64. The molecule has 0 aliphatic heterocycles. The number of methoxy groups -OCH3 is 1. The van der Waals surface area contributed by atoms with E-state index in [0.29, 0.717) is 35.3 Å². The zero-order valence-electron chi connectivity index (χ0n) is 16.0. The van der Waals surface area contributed by atoms with E-state index in [1.807, 2.05) is 35.0 Å². The standard InChI is InChI=1S/C20H25N5O2/c1-5-7-12-27-20-19-22-10-11-25(19)13-16(24-20)18-17(26-4)9-8-15(23-18)14(3)21-6-2/h5,8-11,13-14,21H,1,6-7,12H2,2-4H3/t14-/m1/s1. The Morgan fingerprint density at radius 2 is 2.19 bits per heavy atom. The number of imidazole rings is 1. The molecule has 1 N–H and O–H groups in total. The average molecular weight is 367 g/mol. The summed E-state index contributed by atoms with van der Waals surface area (Å²) in [5.74, 6) is 1.12. The van der Waals surface area contributed by atoms with Crippen LogP contribution in [0.4, 0.5) is 0 Å². The van der Waals surface area contributed by atoms with Gasteiger partial charge in [0.05, 0.1) is 19.4 Å². The van der Waals surface area contributed by atoms with E-state index < -0.39 is 0 Å². The molecule has 0 aliphatic carbocycles. The van der Waals surface area contributed by atoms with Crippen LogP contribution in [0.5, 0.6) is 11.6 Å². The minimum atomic E-state index is 0.125. The Labute approximate surface area is 159 Å². The first-order valence-corrected chi connectivity index (χ1v) is 9.04. The lowest BCUT2D eigenvalue weighted by atomic mass is 10.1. The number of hydrogen-bond donors (Lipinski definition) is 1. The van der Waals surface area contributed by atoms with Gasteiger partial charge in [-0.15, -0.1) is 6.58 Å². The zero-order chi connectivity index (χ0) is 19.2. The van der Waals surface area contributed by atoms with Crippen molar-refractivity contribution in [2.24, 2.45) is 0 Å². The Hall–Kier alpha value is -2.93. The summed E-state index contributed by atoms with van der Waals surface area (Å²) in [6.45, 7) is 9.23. The van der Waals surface area contributed by atoms with E-state index in [2.05, 4.69) is 35.7 Å². The summed E-state index contributed by atoms with van der Waals surface area (Å²) in [4.78, 5) is 13.8. The molecule has 0 unspecified atom stereocenters. The summed E-state index contributed by atoms with van der Waals surface area (Å²) in [5.41, 5.74) is 2.92. The number of nitrogens with one attached hydrogen (secondary N) is 1. The van der Waals surface area contributed by atoms with Crippen LogP contribution in [0.2, 0.25) is 0 Å². The number of aromatic nitrogens is 4. The molecule has 0 bridgehead atoms. The van der Waals surface area contributed by atoms with Crippen LogP contribution in [0, 0.1) is 0 Å². The summed E-state index contributed by atoms with van der Waals surface area (Å²) >= 11 is 0. The van der Waals surface area contributed by atoms with E-state index in [-0.39, 0.29) is 6.04 Å². The van der Waals surface area contributed by atoms with Crippen molar-refractivity contribution in [2.45, 2.75) is 26.3 Å². The molecule has 0 amide bonds. The van der Waals surface area contributed by atoms with Crippen molar-refractivity contribution < 1.29 is 9.47 Å². The topological polar surface area (TPSA) is 73.6 Å². The summed E-state index contributed by atoms with van der Waals surface area (Å²) < 4.78 is 13.2. The molecule has 0 saturated heterocycles. The van der Waals surface area contributed by atoms with Gasteiger partial charge in [-0.2, -0.15) is 0 Å². The third kappa shape index (κ3) is 4.09. The normalized spacial score (nSPS) is 12.1. The van der Waals surface area contributed by atoms with E-state index in [1.165, 1.54) is 0 Å². The fourth-order valence-electron chi connectivity index (χ4n) is 2.81. The summed E-state index contributed by atoms with van der Waals surface area (Å²) in [6.07, 6.45) is 8.00. The molecule has 3 heterocycles. The maximum absolute atomic E-state index is 5.82. The number of rotatable bonds is 9. The molecule has 7 nitrogen and oxygen atoms in total. The lowest BCUT2D eigenvalue weighted by molar-refractivity contribution is 0.314. The molecule has 0 radical (unpaired) electrons. The van der Waals surface area contributed by atoms with Crippen molar-refractivity contribution in [3.05, 3.63) is 49.1 Å². The highest BCUT2D eigenvalue weighted by molar-refractivity contribution is 5.65. The molecule has 3 aromatic heterocycles. The van der Waals surface area contributed by atoms with Gasteiger partial charge in [-0.25, -0.2) is 15.0 Å². The van der Waals surface area contributed by atoms with Gasteiger partial charge in [-0.05, 0) is 32.0 Å². The lowest BCUT2D eigenvalue weighted by Gasteiger charge is -2.15. The van der Waals surface area contributed by atoms with Crippen molar-refractivity contribution >= 4 is 5.65 Å². The van der Waals surface area contributed by atoms with Crippen LogP contribution < -0.4 is 14.8 Å². The van der Waals surface area contributed by atoms with Gasteiger partial charge in [0.1, 0.15) is 17.1 Å². The first-order valence-electron chi connectivity index (χ1n) is 9.04. The summed E-state index contributed by atoms with van der Waals surface area (Å²) in [7, 11) is 1.63. The molecule has 0 saturated carbocycles. The fourth-order valence-corrected chi connectivity index (χ4v) is 2.81. The number of nitrogens with zero attached hydrogens (tertiary/aromatic N) is 4. The van der Waals surface area contributed by atoms with Crippen LogP contribution >= 0.6 is 0 Å². The molecule has 0 aliphatic rings.